The molecule has 3 aromatic heterocycles. The van der Waals surface area contributed by atoms with Crippen LogP contribution in [-0.4, -0.2) is 20.7 Å². The van der Waals surface area contributed by atoms with Gasteiger partial charge in [0.15, 0.2) is 5.82 Å². The molecule has 3 aromatic rings. The van der Waals surface area contributed by atoms with Crippen molar-refractivity contribution in [3.8, 4) is 5.82 Å². The Labute approximate surface area is 121 Å². The highest BCUT2D eigenvalue weighted by Crippen LogP contribution is 2.10. The molecule has 0 aliphatic carbocycles. The molecule has 6 nitrogen and oxygen atoms in total. The largest absolute Gasteiger partial charge is 0.469 e. The molecule has 0 saturated heterocycles. The Morgan fingerprint density at radius 1 is 1.38 bits per heavy atom. The Kier molecular flexibility index (Phi) is 3.51. The van der Waals surface area contributed by atoms with Crippen molar-refractivity contribution in [3.63, 3.8) is 0 Å². The zero-order valence-electron chi connectivity index (χ0n) is 11.5. The number of rotatable bonds is 4. The number of hydrogen-bond donors (Lipinski definition) is 1. The Morgan fingerprint density at radius 2 is 2.29 bits per heavy atom. The van der Waals surface area contributed by atoms with E-state index in [4.69, 9.17) is 4.42 Å². The third-order valence-corrected chi connectivity index (χ3v) is 3.11. The molecule has 0 fully saturated rings. The predicted octanol–water partition coefficient (Wildman–Crippen LogP) is 2.10. The van der Waals surface area contributed by atoms with Gasteiger partial charge >= 0.3 is 0 Å². The van der Waals surface area contributed by atoms with E-state index in [9.17, 15) is 4.79 Å². The summed E-state index contributed by atoms with van der Waals surface area (Å²) in [7, 11) is 0. The van der Waals surface area contributed by atoms with Crippen LogP contribution in [0.25, 0.3) is 5.82 Å². The number of nitrogens with one attached hydrogen (secondary N) is 1. The van der Waals surface area contributed by atoms with Crippen molar-refractivity contribution in [2.75, 3.05) is 0 Å². The summed E-state index contributed by atoms with van der Waals surface area (Å²) in [6.45, 7) is 2.18. The van der Waals surface area contributed by atoms with Crippen molar-refractivity contribution in [1.82, 2.24) is 20.1 Å². The van der Waals surface area contributed by atoms with Crippen LogP contribution in [0.2, 0.25) is 0 Å². The SMILES string of the molecule is Cc1occc1C(=O)NCc1ccnc(-n2cccn2)c1. The summed E-state index contributed by atoms with van der Waals surface area (Å²) < 4.78 is 6.80. The number of aryl methyl sites for hydroxylation is 1. The lowest BCUT2D eigenvalue weighted by molar-refractivity contribution is 0.0949. The first-order valence-corrected chi connectivity index (χ1v) is 6.51. The minimum Gasteiger partial charge on any atom is -0.469 e. The van der Waals surface area contributed by atoms with Crippen LogP contribution in [-0.2, 0) is 6.54 Å². The van der Waals surface area contributed by atoms with Crippen molar-refractivity contribution >= 4 is 5.91 Å². The fraction of sp³-hybridized carbons (Fsp3) is 0.133. The third-order valence-electron chi connectivity index (χ3n) is 3.11. The van der Waals surface area contributed by atoms with Gasteiger partial charge in [-0.3, -0.25) is 4.79 Å². The van der Waals surface area contributed by atoms with Crippen molar-refractivity contribution in [3.05, 3.63) is 66.0 Å². The highest BCUT2D eigenvalue weighted by atomic mass is 16.3. The smallest absolute Gasteiger partial charge is 0.255 e. The van der Waals surface area contributed by atoms with Crippen molar-refractivity contribution in [1.29, 1.82) is 0 Å². The van der Waals surface area contributed by atoms with Gasteiger partial charge in [-0.25, -0.2) is 9.67 Å². The number of hydrogen-bond acceptors (Lipinski definition) is 4. The van der Waals surface area contributed by atoms with Gasteiger partial charge in [0.05, 0.1) is 11.8 Å². The van der Waals surface area contributed by atoms with Crippen LogP contribution in [0, 0.1) is 6.92 Å². The van der Waals surface area contributed by atoms with Crippen molar-refractivity contribution in [2.24, 2.45) is 0 Å². The average Bonchev–Trinajstić information content (AvgIpc) is 3.16. The second kappa shape index (κ2) is 5.62. The number of carbonyl (C=O) groups is 1. The fourth-order valence-corrected chi connectivity index (χ4v) is 2.00. The summed E-state index contributed by atoms with van der Waals surface area (Å²) in [6.07, 6.45) is 6.71. The quantitative estimate of drug-likeness (QED) is 0.795. The first kappa shape index (κ1) is 13.1. The van der Waals surface area contributed by atoms with Gasteiger partial charge in [-0.1, -0.05) is 0 Å². The van der Waals surface area contributed by atoms with Gasteiger partial charge in [-0.2, -0.15) is 5.10 Å². The molecule has 0 saturated carbocycles. The zero-order valence-corrected chi connectivity index (χ0v) is 11.5. The Hall–Kier alpha value is -2.89. The van der Waals surface area contributed by atoms with Crippen LogP contribution in [0.3, 0.4) is 0 Å². The molecule has 21 heavy (non-hydrogen) atoms. The molecular formula is C15H14N4O2. The van der Waals surface area contributed by atoms with Crippen LogP contribution < -0.4 is 5.32 Å². The molecule has 0 radical (unpaired) electrons. The second-order valence-corrected chi connectivity index (χ2v) is 4.55. The molecule has 0 aliphatic rings. The van der Waals surface area contributed by atoms with Gasteiger partial charge in [-0.15, -0.1) is 0 Å². The molecule has 0 bridgehead atoms. The monoisotopic (exact) mass is 282 g/mol. The van der Waals surface area contributed by atoms with Gasteiger partial charge in [0.25, 0.3) is 5.91 Å². The third kappa shape index (κ3) is 2.84. The molecular weight excluding hydrogens is 268 g/mol. The number of furan rings is 1. The molecule has 0 unspecified atom stereocenters. The number of aromatic nitrogens is 3. The first-order chi connectivity index (χ1) is 10.2. The van der Waals surface area contributed by atoms with E-state index in [1.54, 1.807) is 30.1 Å². The predicted molar refractivity (Wildman–Crippen MR) is 76.0 cm³/mol. The van der Waals surface area contributed by atoms with Gasteiger partial charge in [0.1, 0.15) is 5.76 Å². The number of amides is 1. The minimum atomic E-state index is -0.154. The highest BCUT2D eigenvalue weighted by Gasteiger charge is 2.11. The molecule has 3 rings (SSSR count). The molecule has 6 heteroatoms. The summed E-state index contributed by atoms with van der Waals surface area (Å²) in [5.41, 5.74) is 1.50. The summed E-state index contributed by atoms with van der Waals surface area (Å²) >= 11 is 0. The molecule has 1 amide bonds. The van der Waals surface area contributed by atoms with Crippen LogP contribution in [0.4, 0.5) is 0 Å². The van der Waals surface area contributed by atoms with E-state index in [0.29, 0.717) is 23.7 Å². The van der Waals surface area contributed by atoms with E-state index in [-0.39, 0.29) is 5.91 Å². The molecule has 1 N–H and O–H groups in total. The Bertz CT molecular complexity index is 747. The molecule has 3 heterocycles. The summed E-state index contributed by atoms with van der Waals surface area (Å²) in [5, 5.41) is 6.99. The normalized spacial score (nSPS) is 10.5. The van der Waals surface area contributed by atoms with Crippen molar-refractivity contribution < 1.29 is 9.21 Å². The number of carbonyl (C=O) groups excluding carboxylic acids is 1. The number of pyridine rings is 1. The van der Waals surface area contributed by atoms with Crippen LogP contribution in [0.5, 0.6) is 0 Å². The standard InChI is InChI=1S/C15H14N4O2/c1-11-13(4-8-21-11)15(20)17-10-12-3-6-16-14(9-12)19-7-2-5-18-19/h2-9H,10H2,1H3,(H,17,20). The van der Waals surface area contributed by atoms with Gasteiger partial charge < -0.3 is 9.73 Å². The summed E-state index contributed by atoms with van der Waals surface area (Å²) in [6, 6.07) is 7.23. The van der Waals surface area contributed by atoms with E-state index in [0.717, 1.165) is 5.56 Å². The second-order valence-electron chi connectivity index (χ2n) is 4.55. The van der Waals surface area contributed by atoms with E-state index < -0.39 is 0 Å². The van der Waals surface area contributed by atoms with Gasteiger partial charge in [0.2, 0.25) is 0 Å². The molecule has 0 aromatic carbocycles. The van der Waals surface area contributed by atoms with Gasteiger partial charge in [0, 0.05) is 25.1 Å². The molecule has 0 spiro atoms. The minimum absolute atomic E-state index is 0.154. The highest BCUT2D eigenvalue weighted by molar-refractivity contribution is 5.94. The van der Waals surface area contributed by atoms with Crippen LogP contribution >= 0.6 is 0 Å². The first-order valence-electron chi connectivity index (χ1n) is 6.51. The Morgan fingerprint density at radius 3 is 3.00 bits per heavy atom. The lowest BCUT2D eigenvalue weighted by atomic mass is 10.2. The summed E-state index contributed by atoms with van der Waals surface area (Å²) in [5.74, 6) is 1.17. The van der Waals surface area contributed by atoms with Crippen LogP contribution in [0.1, 0.15) is 21.7 Å². The maximum Gasteiger partial charge on any atom is 0.255 e. The fourth-order valence-electron chi connectivity index (χ4n) is 2.00. The lowest BCUT2D eigenvalue weighted by Crippen LogP contribution is -2.23. The van der Waals surface area contributed by atoms with E-state index in [2.05, 4.69) is 15.4 Å². The molecule has 106 valence electrons. The number of nitrogens with zero attached hydrogens (tertiary/aromatic N) is 3. The van der Waals surface area contributed by atoms with Crippen molar-refractivity contribution in [2.45, 2.75) is 13.5 Å². The van der Waals surface area contributed by atoms with E-state index in [1.807, 2.05) is 24.4 Å². The van der Waals surface area contributed by atoms with E-state index in [1.165, 1.54) is 6.26 Å². The zero-order chi connectivity index (χ0) is 14.7. The maximum absolute atomic E-state index is 12.0. The lowest BCUT2D eigenvalue weighted by Gasteiger charge is -2.06. The van der Waals surface area contributed by atoms with Gasteiger partial charge in [-0.05, 0) is 36.8 Å². The Balaban J connectivity index is 1.70. The summed E-state index contributed by atoms with van der Waals surface area (Å²) in [4.78, 5) is 16.3. The maximum atomic E-state index is 12.0. The molecule has 0 atom stereocenters. The van der Waals surface area contributed by atoms with E-state index >= 15 is 0 Å². The molecule has 0 aliphatic heterocycles. The topological polar surface area (TPSA) is 73.0 Å². The average molecular weight is 282 g/mol. The van der Waals surface area contributed by atoms with Crippen LogP contribution in [0.15, 0.2) is 53.5 Å².